The van der Waals surface area contributed by atoms with Crippen LogP contribution in [0.5, 0.6) is 0 Å². The zero-order chi connectivity index (χ0) is 14.2. The minimum absolute atomic E-state index is 0.168. The molecule has 1 saturated heterocycles. The molecule has 0 spiro atoms. The van der Waals surface area contributed by atoms with Crippen LogP contribution in [0.1, 0.15) is 13.8 Å². The molecule has 0 aromatic rings. The van der Waals surface area contributed by atoms with E-state index in [9.17, 15) is 15.0 Å². The van der Waals surface area contributed by atoms with Crippen molar-refractivity contribution in [1.82, 2.24) is 5.32 Å². The molecule has 1 amide bonds. The summed E-state index contributed by atoms with van der Waals surface area (Å²) >= 11 is 1.18. The summed E-state index contributed by atoms with van der Waals surface area (Å²) in [6, 6.07) is -0.634. The van der Waals surface area contributed by atoms with Crippen LogP contribution in [0.25, 0.3) is 0 Å². The van der Waals surface area contributed by atoms with Crippen LogP contribution in [0.2, 0.25) is 0 Å². The zero-order valence-electron chi connectivity index (χ0n) is 10.7. The van der Waals surface area contributed by atoms with E-state index < -0.39 is 29.8 Å². The van der Waals surface area contributed by atoms with Gasteiger partial charge in [0.2, 0.25) is 5.91 Å². The molecule has 0 bridgehead atoms. The number of fused-ring (bicyclic) bond motifs is 1. The Morgan fingerprint density at radius 2 is 2.16 bits per heavy atom. The second-order valence-electron chi connectivity index (χ2n) is 4.89. The molecule has 19 heavy (non-hydrogen) atoms. The third-order valence-electron chi connectivity index (χ3n) is 3.10. The highest BCUT2D eigenvalue weighted by Gasteiger charge is 2.48. The van der Waals surface area contributed by atoms with Crippen molar-refractivity contribution in [2.24, 2.45) is 10.9 Å². The van der Waals surface area contributed by atoms with Crippen molar-refractivity contribution in [3.05, 3.63) is 0 Å². The van der Waals surface area contributed by atoms with E-state index in [1.54, 1.807) is 13.8 Å². The monoisotopic (exact) mass is 290 g/mol. The number of ether oxygens (including phenoxy) is 1. The molecule has 5 atom stereocenters. The highest BCUT2D eigenvalue weighted by Crippen LogP contribution is 2.35. The van der Waals surface area contributed by atoms with Gasteiger partial charge in [-0.25, -0.2) is 0 Å². The van der Waals surface area contributed by atoms with Crippen LogP contribution >= 0.6 is 11.8 Å². The van der Waals surface area contributed by atoms with Crippen molar-refractivity contribution >= 4 is 22.8 Å². The molecule has 0 radical (unpaired) electrons. The van der Waals surface area contributed by atoms with Gasteiger partial charge in [0.15, 0.2) is 5.17 Å². The van der Waals surface area contributed by atoms with E-state index in [-0.39, 0.29) is 18.4 Å². The molecular weight excluding hydrogens is 272 g/mol. The molecule has 4 N–H and O–H groups in total. The number of aliphatic hydroxyl groups excluding tert-OH is 3. The van der Waals surface area contributed by atoms with E-state index in [1.807, 2.05) is 0 Å². The first-order valence-corrected chi connectivity index (χ1v) is 6.99. The number of amides is 1. The molecule has 2 rings (SSSR count). The van der Waals surface area contributed by atoms with E-state index >= 15 is 0 Å². The lowest BCUT2D eigenvalue weighted by Crippen LogP contribution is -2.55. The Morgan fingerprint density at radius 1 is 1.47 bits per heavy atom. The Hall–Kier alpha value is -0.670. The molecule has 108 valence electrons. The lowest BCUT2D eigenvalue weighted by atomic mass is 9.99. The maximum absolute atomic E-state index is 11.6. The third-order valence-corrected chi connectivity index (χ3v) is 4.15. The molecule has 0 saturated carbocycles. The number of nitrogens with one attached hydrogen (secondary N) is 1. The number of thioether (sulfide) groups is 1. The van der Waals surface area contributed by atoms with Crippen LogP contribution in [0.4, 0.5) is 0 Å². The average molecular weight is 290 g/mol. The van der Waals surface area contributed by atoms with Crippen molar-refractivity contribution in [1.29, 1.82) is 0 Å². The van der Waals surface area contributed by atoms with Crippen LogP contribution in [0.3, 0.4) is 0 Å². The SMILES string of the molecule is CC(C)C(=O)NC1=NC2C(OC(CO)C(O)C2O)S1. The minimum Gasteiger partial charge on any atom is -0.394 e. The molecule has 0 aromatic carbocycles. The fourth-order valence-electron chi connectivity index (χ4n) is 1.89. The number of nitrogens with zero attached hydrogens (tertiary/aromatic N) is 1. The van der Waals surface area contributed by atoms with Gasteiger partial charge < -0.3 is 25.4 Å². The fraction of sp³-hybridized carbons (Fsp3) is 0.818. The molecule has 7 nitrogen and oxygen atoms in total. The van der Waals surface area contributed by atoms with Gasteiger partial charge >= 0.3 is 0 Å². The van der Waals surface area contributed by atoms with Crippen LogP contribution in [-0.4, -0.2) is 62.8 Å². The van der Waals surface area contributed by atoms with Crippen LogP contribution in [0, 0.1) is 5.92 Å². The number of carbonyl (C=O) groups excluding carboxylic acids is 1. The highest BCUT2D eigenvalue weighted by molar-refractivity contribution is 8.14. The summed E-state index contributed by atoms with van der Waals surface area (Å²) in [6.07, 6.45) is -3.13. The fourth-order valence-corrected chi connectivity index (χ4v) is 3.01. The van der Waals surface area contributed by atoms with Gasteiger partial charge in [-0.1, -0.05) is 25.6 Å². The molecule has 2 aliphatic rings. The topological polar surface area (TPSA) is 111 Å². The number of rotatable bonds is 2. The summed E-state index contributed by atoms with van der Waals surface area (Å²) in [5.74, 6) is -0.341. The molecule has 0 aliphatic carbocycles. The number of aliphatic hydroxyl groups is 3. The number of hydrogen-bond donors (Lipinski definition) is 4. The number of hydrogen-bond acceptors (Lipinski definition) is 7. The van der Waals surface area contributed by atoms with Gasteiger partial charge in [0.25, 0.3) is 0 Å². The smallest absolute Gasteiger partial charge is 0.228 e. The molecule has 2 aliphatic heterocycles. The van der Waals surface area contributed by atoms with Gasteiger partial charge in [-0.3, -0.25) is 9.79 Å². The predicted molar refractivity (Wildman–Crippen MR) is 69.6 cm³/mol. The zero-order valence-corrected chi connectivity index (χ0v) is 11.5. The first kappa shape index (κ1) is 14.7. The first-order chi connectivity index (χ1) is 8.93. The minimum atomic E-state index is -1.18. The summed E-state index contributed by atoms with van der Waals surface area (Å²) in [6.45, 7) is 3.15. The van der Waals surface area contributed by atoms with Crippen LogP contribution in [0.15, 0.2) is 4.99 Å². The van der Waals surface area contributed by atoms with Crippen molar-refractivity contribution < 1.29 is 24.9 Å². The lowest BCUT2D eigenvalue weighted by Gasteiger charge is -2.37. The van der Waals surface area contributed by atoms with E-state index in [0.717, 1.165) is 0 Å². The van der Waals surface area contributed by atoms with Gasteiger partial charge in [0.05, 0.1) is 6.61 Å². The maximum Gasteiger partial charge on any atom is 0.228 e. The Balaban J connectivity index is 2.05. The second-order valence-corrected chi connectivity index (χ2v) is 5.98. The maximum atomic E-state index is 11.6. The van der Waals surface area contributed by atoms with Crippen molar-refractivity contribution in [2.45, 2.75) is 43.6 Å². The molecule has 8 heteroatoms. The quantitative estimate of drug-likeness (QED) is 0.501. The van der Waals surface area contributed by atoms with E-state index in [4.69, 9.17) is 9.84 Å². The standard InChI is InChI=1S/C11H18N2O5S/c1-4(2)9(17)13-11-12-6-8(16)7(15)5(3-14)18-10(6)19-11/h4-8,10,14-16H,3H2,1-2H3,(H,12,13,17). The summed E-state index contributed by atoms with van der Waals surface area (Å²) in [4.78, 5) is 15.7. The van der Waals surface area contributed by atoms with Gasteiger partial charge in [0.1, 0.15) is 29.8 Å². The first-order valence-electron chi connectivity index (χ1n) is 6.11. The molecule has 2 heterocycles. The van der Waals surface area contributed by atoms with Crippen molar-refractivity contribution in [3.8, 4) is 0 Å². The van der Waals surface area contributed by atoms with Crippen molar-refractivity contribution in [2.75, 3.05) is 6.61 Å². The average Bonchev–Trinajstić information content (AvgIpc) is 2.76. The van der Waals surface area contributed by atoms with Gasteiger partial charge in [0, 0.05) is 5.92 Å². The molecule has 0 aromatic heterocycles. The normalized spacial score (nSPS) is 38.0. The molecule has 1 fully saturated rings. The molecule has 5 unspecified atom stereocenters. The second kappa shape index (κ2) is 5.76. The summed E-state index contributed by atoms with van der Waals surface area (Å²) < 4.78 is 5.45. The molecular formula is C11H18N2O5S. The van der Waals surface area contributed by atoms with Gasteiger partial charge in [-0.15, -0.1) is 0 Å². The van der Waals surface area contributed by atoms with Crippen LogP contribution in [-0.2, 0) is 9.53 Å². The lowest BCUT2D eigenvalue weighted by molar-refractivity contribution is -0.164. The Morgan fingerprint density at radius 3 is 2.74 bits per heavy atom. The largest absolute Gasteiger partial charge is 0.394 e. The summed E-state index contributed by atoms with van der Waals surface area (Å²) in [5, 5.41) is 31.8. The van der Waals surface area contributed by atoms with Gasteiger partial charge in [-0.2, -0.15) is 0 Å². The third kappa shape index (κ3) is 2.92. The number of amidine groups is 1. The van der Waals surface area contributed by atoms with E-state index in [0.29, 0.717) is 5.17 Å². The van der Waals surface area contributed by atoms with E-state index in [2.05, 4.69) is 10.3 Å². The highest BCUT2D eigenvalue weighted by atomic mass is 32.2. The van der Waals surface area contributed by atoms with Crippen LogP contribution < -0.4 is 5.32 Å². The predicted octanol–water partition coefficient (Wildman–Crippen LogP) is -1.33. The Labute approximate surface area is 115 Å². The Kier molecular flexibility index (Phi) is 4.46. The van der Waals surface area contributed by atoms with Crippen molar-refractivity contribution in [3.63, 3.8) is 0 Å². The Bertz CT molecular complexity index is 389. The van der Waals surface area contributed by atoms with Gasteiger partial charge in [-0.05, 0) is 0 Å². The van der Waals surface area contributed by atoms with E-state index in [1.165, 1.54) is 11.8 Å². The number of aliphatic imine (C=N–C) groups is 1. The summed E-state index contributed by atoms with van der Waals surface area (Å²) in [7, 11) is 0. The number of carbonyl (C=O) groups is 1. The summed E-state index contributed by atoms with van der Waals surface area (Å²) in [5.41, 5.74) is -0.502.